The van der Waals surface area contributed by atoms with Crippen LogP contribution >= 0.6 is 0 Å². The van der Waals surface area contributed by atoms with Gasteiger partial charge in [0.05, 0.1) is 11.7 Å². The third-order valence-corrected chi connectivity index (χ3v) is 11.8. The van der Waals surface area contributed by atoms with Crippen molar-refractivity contribution < 1.29 is 10.2 Å². The largest absolute Gasteiger partial charge is 0.390 e. The maximum Gasteiger partial charge on any atom is 0.0790 e. The van der Waals surface area contributed by atoms with Crippen molar-refractivity contribution in [3.8, 4) is 0 Å². The molecular formula is C32H48O2. The number of aliphatic hydroxyl groups is 2. The van der Waals surface area contributed by atoms with Crippen LogP contribution < -0.4 is 0 Å². The van der Waals surface area contributed by atoms with E-state index >= 15 is 0 Å². The number of benzene rings is 1. The number of hydrogen-bond acceptors (Lipinski definition) is 2. The van der Waals surface area contributed by atoms with Gasteiger partial charge in [0.1, 0.15) is 0 Å². The monoisotopic (exact) mass is 464 g/mol. The molecular weight excluding hydrogens is 416 g/mol. The fraction of sp³-hybridized carbons (Fsp3) is 0.750. The fourth-order valence-electron chi connectivity index (χ4n) is 9.45. The smallest absolute Gasteiger partial charge is 0.0790 e. The average Bonchev–Trinajstić information content (AvgIpc) is 3.20. The molecule has 0 heterocycles. The van der Waals surface area contributed by atoms with Gasteiger partial charge in [-0.2, -0.15) is 0 Å². The molecule has 0 radical (unpaired) electrons. The van der Waals surface area contributed by atoms with E-state index < -0.39 is 5.60 Å². The minimum atomic E-state index is -0.459. The number of allylic oxidation sites excluding steroid dienone is 1. The second kappa shape index (κ2) is 9.07. The molecule has 5 rings (SSSR count). The molecule has 3 saturated carbocycles. The lowest BCUT2D eigenvalue weighted by molar-refractivity contribution is -0.0757. The molecule has 1 aromatic rings. The molecule has 2 heteroatoms. The molecule has 1 aromatic carbocycles. The van der Waals surface area contributed by atoms with Gasteiger partial charge in [-0.3, -0.25) is 0 Å². The number of aliphatic hydroxyl groups excluding tert-OH is 1. The summed E-state index contributed by atoms with van der Waals surface area (Å²) in [5.74, 6) is 3.94. The minimum absolute atomic E-state index is 0.315. The molecule has 0 aliphatic heterocycles. The molecule has 2 nitrogen and oxygen atoms in total. The molecule has 34 heavy (non-hydrogen) atoms. The van der Waals surface area contributed by atoms with Crippen molar-refractivity contribution in [1.82, 2.24) is 0 Å². The highest BCUT2D eigenvalue weighted by Crippen LogP contribution is 2.67. The molecule has 9 atom stereocenters. The first-order chi connectivity index (χ1) is 16.2. The van der Waals surface area contributed by atoms with Crippen molar-refractivity contribution in [2.75, 3.05) is 0 Å². The summed E-state index contributed by atoms with van der Waals surface area (Å²) in [6.07, 6.45) is 14.9. The van der Waals surface area contributed by atoms with Crippen LogP contribution in [0, 0.1) is 40.4 Å². The summed E-state index contributed by atoms with van der Waals surface area (Å²) < 4.78 is 0. The summed E-state index contributed by atoms with van der Waals surface area (Å²) in [4.78, 5) is 0. The minimum Gasteiger partial charge on any atom is -0.390 e. The van der Waals surface area contributed by atoms with Gasteiger partial charge < -0.3 is 10.2 Å². The van der Waals surface area contributed by atoms with Crippen molar-refractivity contribution in [2.24, 2.45) is 40.4 Å². The Bertz CT molecular complexity index is 892. The zero-order chi connectivity index (χ0) is 24.1. The predicted octanol–water partition coefficient (Wildman–Crippen LogP) is 7.86. The SMILES string of the molecule is CC[C@]1(O)CC[C@@]2(C)C(=CC[C@@H]3C2CC[C@]2(C)[C@@H]([C@H](C)CC[C@@H](O)c4ccccc4)CC[C@@H]32)C1. The number of hydrogen-bond donors (Lipinski definition) is 2. The van der Waals surface area contributed by atoms with Crippen LogP contribution in [0.5, 0.6) is 0 Å². The third kappa shape index (κ3) is 4.01. The van der Waals surface area contributed by atoms with E-state index in [0.29, 0.717) is 16.7 Å². The Kier molecular flexibility index (Phi) is 6.56. The standard InChI is InChI=1S/C32H48O2/c1-5-32(34)20-19-30(3)24(21-32)12-13-25-27-15-14-26(31(27,4)18-17-28(25)30)22(2)11-16-29(33)23-9-7-6-8-10-23/h6-10,12,22,25-29,33-34H,5,11,13-21H2,1-4H3/t22-,25+,26-,27+,28?,29-,30+,31-,32+/m1/s1. The molecule has 188 valence electrons. The second-order valence-electron chi connectivity index (χ2n) is 13.2. The zero-order valence-electron chi connectivity index (χ0n) is 22.1. The van der Waals surface area contributed by atoms with E-state index in [1.807, 2.05) is 18.2 Å². The summed E-state index contributed by atoms with van der Waals surface area (Å²) in [5.41, 5.74) is 2.96. The molecule has 3 fully saturated rings. The van der Waals surface area contributed by atoms with Crippen molar-refractivity contribution >= 4 is 0 Å². The quantitative estimate of drug-likeness (QED) is 0.421. The summed E-state index contributed by atoms with van der Waals surface area (Å²) in [6.45, 7) is 9.80. The van der Waals surface area contributed by atoms with Gasteiger partial charge >= 0.3 is 0 Å². The van der Waals surface area contributed by atoms with Crippen LogP contribution in [0.25, 0.3) is 0 Å². The molecule has 0 spiro atoms. The third-order valence-electron chi connectivity index (χ3n) is 11.8. The Morgan fingerprint density at radius 1 is 0.971 bits per heavy atom. The lowest BCUT2D eigenvalue weighted by atomic mass is 9.46. The number of rotatable bonds is 6. The van der Waals surface area contributed by atoms with Crippen LogP contribution in [-0.4, -0.2) is 15.8 Å². The maximum atomic E-state index is 11.0. The highest BCUT2D eigenvalue weighted by Gasteiger charge is 2.59. The van der Waals surface area contributed by atoms with Crippen LogP contribution in [0.2, 0.25) is 0 Å². The Morgan fingerprint density at radius 2 is 1.74 bits per heavy atom. The van der Waals surface area contributed by atoms with E-state index in [0.717, 1.165) is 61.3 Å². The first-order valence-electron chi connectivity index (χ1n) is 14.3. The first kappa shape index (κ1) is 24.6. The summed E-state index contributed by atoms with van der Waals surface area (Å²) in [7, 11) is 0. The lowest BCUT2D eigenvalue weighted by Crippen LogP contribution is -2.52. The fourth-order valence-corrected chi connectivity index (χ4v) is 9.45. The molecule has 4 aliphatic rings. The molecule has 4 aliphatic carbocycles. The van der Waals surface area contributed by atoms with Crippen LogP contribution in [0.1, 0.15) is 110 Å². The van der Waals surface area contributed by atoms with E-state index in [1.54, 1.807) is 5.57 Å². The Morgan fingerprint density at radius 3 is 2.47 bits per heavy atom. The van der Waals surface area contributed by atoms with Gasteiger partial charge in [0.2, 0.25) is 0 Å². The molecule has 2 N–H and O–H groups in total. The topological polar surface area (TPSA) is 40.5 Å². The van der Waals surface area contributed by atoms with Crippen LogP contribution in [-0.2, 0) is 0 Å². The Labute approximate surface area is 208 Å². The van der Waals surface area contributed by atoms with Gasteiger partial charge in [0.25, 0.3) is 0 Å². The zero-order valence-corrected chi connectivity index (χ0v) is 22.1. The molecule has 1 unspecified atom stereocenters. The van der Waals surface area contributed by atoms with Crippen LogP contribution in [0.4, 0.5) is 0 Å². The highest BCUT2D eigenvalue weighted by molar-refractivity contribution is 5.27. The first-order valence-corrected chi connectivity index (χ1v) is 14.3. The van der Waals surface area contributed by atoms with Crippen molar-refractivity contribution in [2.45, 2.75) is 110 Å². The highest BCUT2D eigenvalue weighted by atomic mass is 16.3. The van der Waals surface area contributed by atoms with Crippen LogP contribution in [0.3, 0.4) is 0 Å². The lowest BCUT2D eigenvalue weighted by Gasteiger charge is -2.59. The predicted molar refractivity (Wildman–Crippen MR) is 140 cm³/mol. The van der Waals surface area contributed by atoms with Gasteiger partial charge in [-0.1, -0.05) is 69.7 Å². The van der Waals surface area contributed by atoms with E-state index in [2.05, 4.69) is 45.9 Å². The maximum absolute atomic E-state index is 11.0. The second-order valence-corrected chi connectivity index (χ2v) is 13.2. The molecule has 0 aromatic heterocycles. The van der Waals surface area contributed by atoms with E-state index in [-0.39, 0.29) is 6.10 Å². The summed E-state index contributed by atoms with van der Waals surface area (Å²) in [6, 6.07) is 10.2. The van der Waals surface area contributed by atoms with Crippen molar-refractivity contribution in [3.63, 3.8) is 0 Å². The number of fused-ring (bicyclic) bond motifs is 5. The summed E-state index contributed by atoms with van der Waals surface area (Å²) in [5, 5.41) is 21.8. The van der Waals surface area contributed by atoms with Crippen LogP contribution in [0.15, 0.2) is 42.0 Å². The van der Waals surface area contributed by atoms with E-state index in [1.165, 1.54) is 38.5 Å². The van der Waals surface area contributed by atoms with E-state index in [4.69, 9.17) is 0 Å². The van der Waals surface area contributed by atoms with Crippen molar-refractivity contribution in [3.05, 3.63) is 47.5 Å². The molecule has 0 saturated heterocycles. The van der Waals surface area contributed by atoms with Crippen molar-refractivity contribution in [1.29, 1.82) is 0 Å². The average molecular weight is 465 g/mol. The molecule has 0 bridgehead atoms. The Hall–Kier alpha value is -1.12. The Balaban J connectivity index is 1.28. The van der Waals surface area contributed by atoms with E-state index in [9.17, 15) is 10.2 Å². The van der Waals surface area contributed by atoms with Gasteiger partial charge in [-0.05, 0) is 117 Å². The van der Waals surface area contributed by atoms with Gasteiger partial charge in [-0.25, -0.2) is 0 Å². The molecule has 0 amide bonds. The normalized spacial score (nSPS) is 43.3. The van der Waals surface area contributed by atoms with Gasteiger partial charge in [0.15, 0.2) is 0 Å². The van der Waals surface area contributed by atoms with Gasteiger partial charge in [0, 0.05) is 0 Å². The summed E-state index contributed by atoms with van der Waals surface area (Å²) >= 11 is 0. The van der Waals surface area contributed by atoms with Gasteiger partial charge in [-0.15, -0.1) is 0 Å².